The molecular weight excluding hydrogens is 877 g/mol. The lowest BCUT2D eigenvalue weighted by molar-refractivity contribution is -0.167. The van der Waals surface area contributed by atoms with Crippen LogP contribution in [0.15, 0.2) is 85.1 Å². The molecule has 0 aliphatic rings. The Balaban J connectivity index is 4.39. The van der Waals surface area contributed by atoms with E-state index in [1.54, 1.807) is 0 Å². The van der Waals surface area contributed by atoms with E-state index >= 15 is 0 Å². The van der Waals surface area contributed by atoms with Crippen LogP contribution in [0.3, 0.4) is 0 Å². The molecule has 0 aliphatic carbocycles. The van der Waals surface area contributed by atoms with Gasteiger partial charge in [0.2, 0.25) is 0 Å². The van der Waals surface area contributed by atoms with Crippen LogP contribution in [0.4, 0.5) is 0 Å². The highest BCUT2D eigenvalue weighted by Crippen LogP contribution is 2.17. The monoisotopic (exact) mass is 989 g/mol. The highest BCUT2D eigenvalue weighted by molar-refractivity contribution is 5.71. The van der Waals surface area contributed by atoms with Gasteiger partial charge < -0.3 is 14.2 Å². The molecule has 0 aliphatic heterocycles. The van der Waals surface area contributed by atoms with Crippen molar-refractivity contribution >= 4 is 17.9 Å². The van der Waals surface area contributed by atoms with Gasteiger partial charge in [-0.1, -0.05) is 266 Å². The zero-order valence-electron chi connectivity index (χ0n) is 46.7. The smallest absolute Gasteiger partial charge is 0.306 e. The Hall–Kier alpha value is -3.41. The topological polar surface area (TPSA) is 78.9 Å². The molecule has 0 saturated heterocycles. The maximum Gasteiger partial charge on any atom is 0.306 e. The third-order valence-corrected chi connectivity index (χ3v) is 12.9. The SMILES string of the molecule is CC/C=C\C/C=C\C/C=C\C/C=C\CCCCC(=O)OCC(COC(=O)CCCCCCCCCCCCCCCCCCCCCCC)OC(=O)CCCCCCCCC/C=C\C/C=C\C/C=C\CC. The number of carbonyl (C=O) groups excluding carboxylic acids is 3. The van der Waals surface area contributed by atoms with Gasteiger partial charge in [-0.05, 0) is 89.9 Å². The molecule has 1 unspecified atom stereocenters. The summed E-state index contributed by atoms with van der Waals surface area (Å²) in [4.78, 5) is 38.2. The van der Waals surface area contributed by atoms with Crippen molar-refractivity contribution < 1.29 is 28.6 Å². The molecule has 0 rings (SSSR count). The zero-order chi connectivity index (χ0) is 51.4. The molecule has 0 aromatic rings. The van der Waals surface area contributed by atoms with Crippen LogP contribution in [0.1, 0.15) is 290 Å². The summed E-state index contributed by atoms with van der Waals surface area (Å²) in [5.74, 6) is -0.935. The van der Waals surface area contributed by atoms with Gasteiger partial charge in [0.15, 0.2) is 6.10 Å². The summed E-state index contributed by atoms with van der Waals surface area (Å²) in [5.41, 5.74) is 0. The Bertz CT molecular complexity index is 1370. The highest BCUT2D eigenvalue weighted by atomic mass is 16.6. The number of hydrogen-bond acceptors (Lipinski definition) is 6. The van der Waals surface area contributed by atoms with Crippen molar-refractivity contribution in [1.29, 1.82) is 0 Å². The summed E-state index contributed by atoms with van der Waals surface area (Å²) in [6.45, 7) is 6.40. The van der Waals surface area contributed by atoms with E-state index in [4.69, 9.17) is 14.2 Å². The standard InChI is InChI=1S/C65H112O6/c1-4-7-10-13-16-19-22-25-28-30-31-32-33-35-37-40-43-46-49-52-55-58-64(67)70-61-62(60-69-63(66)57-54-51-48-45-42-39-36-27-24-21-18-15-12-9-6-3)71-65(68)59-56-53-50-47-44-41-38-34-29-26-23-20-17-14-11-8-5-2/h8-9,11-12,17-18,20-21,26-27,29,36,42,45,62H,4-7,10,13-16,19,22-25,28,30-35,37-41,43-44,46-61H2,1-3H3/b11-8-,12-9-,20-17-,21-18-,29-26-,36-27-,45-42-. The second kappa shape index (κ2) is 59.2. The van der Waals surface area contributed by atoms with E-state index in [1.807, 2.05) is 0 Å². The molecule has 71 heavy (non-hydrogen) atoms. The first-order valence-electron chi connectivity index (χ1n) is 30.1. The molecule has 0 amide bonds. The van der Waals surface area contributed by atoms with Crippen LogP contribution >= 0.6 is 0 Å². The van der Waals surface area contributed by atoms with E-state index in [0.29, 0.717) is 19.3 Å². The Labute approximate surface area is 439 Å². The Kier molecular flexibility index (Phi) is 56.3. The third-order valence-electron chi connectivity index (χ3n) is 12.9. The summed E-state index contributed by atoms with van der Waals surface area (Å²) in [5, 5.41) is 0. The lowest BCUT2D eigenvalue weighted by Crippen LogP contribution is -2.30. The minimum Gasteiger partial charge on any atom is -0.462 e. The van der Waals surface area contributed by atoms with Gasteiger partial charge in [-0.15, -0.1) is 0 Å². The van der Waals surface area contributed by atoms with Crippen molar-refractivity contribution in [3.8, 4) is 0 Å². The van der Waals surface area contributed by atoms with Gasteiger partial charge in [-0.3, -0.25) is 14.4 Å². The Morgan fingerprint density at radius 2 is 0.549 bits per heavy atom. The average molecular weight is 990 g/mol. The molecule has 0 fully saturated rings. The molecule has 408 valence electrons. The predicted octanol–water partition coefficient (Wildman–Crippen LogP) is 20.3. The van der Waals surface area contributed by atoms with Gasteiger partial charge in [0, 0.05) is 19.3 Å². The fraction of sp³-hybridized carbons (Fsp3) is 0.738. The van der Waals surface area contributed by atoms with Crippen molar-refractivity contribution in [3.05, 3.63) is 85.1 Å². The van der Waals surface area contributed by atoms with Crippen LogP contribution in [0.2, 0.25) is 0 Å². The summed E-state index contributed by atoms with van der Waals surface area (Å²) < 4.78 is 16.9. The average Bonchev–Trinajstić information content (AvgIpc) is 3.37. The van der Waals surface area contributed by atoms with Gasteiger partial charge in [0.1, 0.15) is 13.2 Å². The van der Waals surface area contributed by atoms with Crippen molar-refractivity contribution in [3.63, 3.8) is 0 Å². The van der Waals surface area contributed by atoms with Crippen LogP contribution in [0, 0.1) is 0 Å². The van der Waals surface area contributed by atoms with Crippen molar-refractivity contribution in [2.45, 2.75) is 297 Å². The van der Waals surface area contributed by atoms with E-state index in [9.17, 15) is 14.4 Å². The van der Waals surface area contributed by atoms with Crippen molar-refractivity contribution in [1.82, 2.24) is 0 Å². The molecule has 0 aromatic carbocycles. The van der Waals surface area contributed by atoms with Crippen LogP contribution < -0.4 is 0 Å². The quantitative estimate of drug-likeness (QED) is 0.0261. The minimum absolute atomic E-state index is 0.0918. The molecule has 1 atom stereocenters. The molecule has 0 radical (unpaired) electrons. The fourth-order valence-corrected chi connectivity index (χ4v) is 8.45. The van der Waals surface area contributed by atoms with E-state index in [-0.39, 0.29) is 31.1 Å². The molecular formula is C65H112O6. The van der Waals surface area contributed by atoms with Crippen molar-refractivity contribution in [2.75, 3.05) is 13.2 Å². The highest BCUT2D eigenvalue weighted by Gasteiger charge is 2.19. The van der Waals surface area contributed by atoms with E-state index in [0.717, 1.165) is 109 Å². The van der Waals surface area contributed by atoms with Gasteiger partial charge in [-0.2, -0.15) is 0 Å². The number of esters is 3. The van der Waals surface area contributed by atoms with Gasteiger partial charge in [0.05, 0.1) is 0 Å². The van der Waals surface area contributed by atoms with Crippen LogP contribution in [0.25, 0.3) is 0 Å². The lowest BCUT2D eigenvalue weighted by Gasteiger charge is -2.18. The van der Waals surface area contributed by atoms with Gasteiger partial charge in [-0.25, -0.2) is 0 Å². The number of allylic oxidation sites excluding steroid dienone is 14. The summed E-state index contributed by atoms with van der Waals surface area (Å²) in [6, 6.07) is 0. The molecule has 6 heteroatoms. The molecule has 0 N–H and O–H groups in total. The first-order chi connectivity index (χ1) is 35.0. The zero-order valence-corrected chi connectivity index (χ0v) is 46.7. The molecule has 0 spiro atoms. The number of ether oxygens (including phenoxy) is 3. The van der Waals surface area contributed by atoms with Gasteiger partial charge >= 0.3 is 17.9 Å². The number of carbonyl (C=O) groups is 3. The molecule has 6 nitrogen and oxygen atoms in total. The normalized spacial score (nSPS) is 12.7. The second-order valence-electron chi connectivity index (χ2n) is 19.9. The van der Waals surface area contributed by atoms with Crippen LogP contribution in [0.5, 0.6) is 0 Å². The maximum atomic E-state index is 12.9. The van der Waals surface area contributed by atoms with Gasteiger partial charge in [0.25, 0.3) is 0 Å². The molecule has 0 bridgehead atoms. The van der Waals surface area contributed by atoms with E-state index < -0.39 is 6.10 Å². The summed E-state index contributed by atoms with van der Waals surface area (Å²) >= 11 is 0. The molecule has 0 heterocycles. The number of rotatable bonds is 54. The summed E-state index contributed by atoms with van der Waals surface area (Å²) in [6.07, 6.45) is 77.3. The minimum atomic E-state index is -0.799. The number of unbranched alkanes of at least 4 members (excludes halogenated alkanes) is 29. The number of hydrogen-bond donors (Lipinski definition) is 0. The predicted molar refractivity (Wildman–Crippen MR) is 307 cm³/mol. The molecule has 0 aromatic heterocycles. The van der Waals surface area contributed by atoms with Crippen LogP contribution in [-0.2, 0) is 28.6 Å². The molecule has 0 saturated carbocycles. The first-order valence-corrected chi connectivity index (χ1v) is 30.1. The van der Waals surface area contributed by atoms with Crippen molar-refractivity contribution in [2.24, 2.45) is 0 Å². The third kappa shape index (κ3) is 57.4. The Morgan fingerprint density at radius 1 is 0.296 bits per heavy atom. The largest absolute Gasteiger partial charge is 0.462 e. The lowest BCUT2D eigenvalue weighted by atomic mass is 10.0. The summed E-state index contributed by atoms with van der Waals surface area (Å²) in [7, 11) is 0. The Morgan fingerprint density at radius 3 is 0.887 bits per heavy atom. The van der Waals surface area contributed by atoms with E-state index in [1.165, 1.54) is 141 Å². The fourth-order valence-electron chi connectivity index (χ4n) is 8.45. The first kappa shape index (κ1) is 67.6. The second-order valence-corrected chi connectivity index (χ2v) is 19.9. The maximum absolute atomic E-state index is 12.9. The van der Waals surface area contributed by atoms with E-state index in [2.05, 4.69) is 106 Å². The van der Waals surface area contributed by atoms with Crippen LogP contribution in [-0.4, -0.2) is 37.2 Å².